The summed E-state index contributed by atoms with van der Waals surface area (Å²) in [5.41, 5.74) is 1.31. The average molecular weight is 232 g/mol. The molecule has 0 bridgehead atoms. The highest BCUT2D eigenvalue weighted by Gasteiger charge is 2.05. The lowest BCUT2D eigenvalue weighted by Crippen LogP contribution is -2.36. The second kappa shape index (κ2) is 7.49. The highest BCUT2D eigenvalue weighted by molar-refractivity contribution is 5.73. The van der Waals surface area contributed by atoms with Crippen molar-refractivity contribution in [2.45, 2.75) is 19.3 Å². The zero-order chi connectivity index (χ0) is 12.5. The summed E-state index contributed by atoms with van der Waals surface area (Å²) in [5.74, 6) is 0.455. The molecule has 0 aromatic heterocycles. The van der Waals surface area contributed by atoms with Crippen molar-refractivity contribution in [3.63, 3.8) is 0 Å². The van der Waals surface area contributed by atoms with Crippen molar-refractivity contribution in [2.24, 2.45) is 0 Å². The summed E-state index contributed by atoms with van der Waals surface area (Å²) < 4.78 is 0. The predicted octanol–water partition coefficient (Wildman–Crippen LogP) is 2.67. The monoisotopic (exact) mass is 232 g/mol. The van der Waals surface area contributed by atoms with E-state index in [1.165, 1.54) is 5.56 Å². The summed E-state index contributed by atoms with van der Waals surface area (Å²) in [5, 5.41) is 5.50. The smallest absolute Gasteiger partial charge is 0.315 e. The fourth-order valence-corrected chi connectivity index (χ4v) is 1.58. The number of rotatable bonds is 6. The number of hydrogen-bond acceptors (Lipinski definition) is 1. The van der Waals surface area contributed by atoms with Crippen LogP contribution in [0.2, 0.25) is 0 Å². The van der Waals surface area contributed by atoms with E-state index >= 15 is 0 Å². The van der Waals surface area contributed by atoms with E-state index in [-0.39, 0.29) is 6.03 Å². The fraction of sp³-hybridized carbons (Fsp3) is 0.357. The molecule has 0 aliphatic rings. The van der Waals surface area contributed by atoms with Crippen LogP contribution in [-0.4, -0.2) is 19.1 Å². The SMILES string of the molecule is C=CCNC(=O)NCCC(C)c1ccccc1. The minimum atomic E-state index is -0.134. The van der Waals surface area contributed by atoms with Crippen LogP contribution in [0.5, 0.6) is 0 Å². The molecule has 0 radical (unpaired) electrons. The third-order valence-electron chi connectivity index (χ3n) is 2.64. The number of hydrogen-bond donors (Lipinski definition) is 2. The maximum Gasteiger partial charge on any atom is 0.315 e. The highest BCUT2D eigenvalue weighted by Crippen LogP contribution is 2.17. The van der Waals surface area contributed by atoms with Crippen LogP contribution >= 0.6 is 0 Å². The van der Waals surface area contributed by atoms with E-state index in [9.17, 15) is 4.79 Å². The Labute approximate surface area is 103 Å². The van der Waals surface area contributed by atoms with E-state index in [2.05, 4.69) is 36.3 Å². The van der Waals surface area contributed by atoms with Crippen LogP contribution in [0.1, 0.15) is 24.8 Å². The summed E-state index contributed by atoms with van der Waals surface area (Å²) in [7, 11) is 0. The minimum Gasteiger partial charge on any atom is -0.338 e. The minimum absolute atomic E-state index is 0.134. The Balaban J connectivity index is 2.22. The summed E-state index contributed by atoms with van der Waals surface area (Å²) >= 11 is 0. The van der Waals surface area contributed by atoms with Gasteiger partial charge in [0.2, 0.25) is 0 Å². The molecular formula is C14H20N2O. The van der Waals surface area contributed by atoms with Gasteiger partial charge in [0.25, 0.3) is 0 Å². The lowest BCUT2D eigenvalue weighted by atomic mass is 9.98. The molecule has 1 aromatic carbocycles. The highest BCUT2D eigenvalue weighted by atomic mass is 16.2. The molecule has 3 heteroatoms. The van der Waals surface area contributed by atoms with E-state index in [4.69, 9.17) is 0 Å². The molecule has 2 amide bonds. The molecule has 92 valence electrons. The summed E-state index contributed by atoms with van der Waals surface area (Å²) in [4.78, 5) is 11.2. The lowest BCUT2D eigenvalue weighted by molar-refractivity contribution is 0.241. The molecule has 17 heavy (non-hydrogen) atoms. The first-order chi connectivity index (χ1) is 8.24. The Kier molecular flexibility index (Phi) is 5.86. The molecule has 1 unspecified atom stereocenters. The topological polar surface area (TPSA) is 41.1 Å². The third kappa shape index (κ3) is 5.20. The van der Waals surface area contributed by atoms with Gasteiger partial charge in [-0.1, -0.05) is 43.3 Å². The van der Waals surface area contributed by atoms with Gasteiger partial charge in [0.15, 0.2) is 0 Å². The van der Waals surface area contributed by atoms with Gasteiger partial charge in [0.05, 0.1) is 0 Å². The van der Waals surface area contributed by atoms with Crippen LogP contribution < -0.4 is 10.6 Å². The van der Waals surface area contributed by atoms with Crippen LogP contribution in [0.15, 0.2) is 43.0 Å². The Bertz CT molecular complexity index is 348. The third-order valence-corrected chi connectivity index (χ3v) is 2.64. The molecule has 0 saturated carbocycles. The molecule has 0 heterocycles. The first-order valence-electron chi connectivity index (χ1n) is 5.91. The van der Waals surface area contributed by atoms with Crippen molar-refractivity contribution in [2.75, 3.05) is 13.1 Å². The second-order valence-corrected chi connectivity index (χ2v) is 4.03. The number of amides is 2. The molecule has 3 nitrogen and oxygen atoms in total. The Morgan fingerprint density at radius 1 is 1.35 bits per heavy atom. The Morgan fingerprint density at radius 2 is 2.06 bits per heavy atom. The first kappa shape index (κ1) is 13.3. The van der Waals surface area contributed by atoms with E-state index in [1.54, 1.807) is 6.08 Å². The molecule has 0 spiro atoms. The van der Waals surface area contributed by atoms with Crippen LogP contribution in [0.4, 0.5) is 4.79 Å². The number of carbonyl (C=O) groups excluding carboxylic acids is 1. The average Bonchev–Trinajstić information content (AvgIpc) is 2.37. The van der Waals surface area contributed by atoms with Gasteiger partial charge >= 0.3 is 6.03 Å². The maximum atomic E-state index is 11.2. The van der Waals surface area contributed by atoms with Gasteiger partial charge in [-0.15, -0.1) is 6.58 Å². The van der Waals surface area contributed by atoms with Gasteiger partial charge in [0, 0.05) is 13.1 Å². The molecule has 1 atom stereocenters. The van der Waals surface area contributed by atoms with Gasteiger partial charge in [-0.25, -0.2) is 4.79 Å². The molecule has 1 rings (SSSR count). The molecule has 0 fully saturated rings. The summed E-state index contributed by atoms with van der Waals surface area (Å²) in [6, 6.07) is 10.2. The number of urea groups is 1. The van der Waals surface area contributed by atoms with Crippen molar-refractivity contribution in [3.05, 3.63) is 48.6 Å². The normalized spacial score (nSPS) is 11.6. The van der Waals surface area contributed by atoms with Gasteiger partial charge in [-0.3, -0.25) is 0 Å². The fourth-order valence-electron chi connectivity index (χ4n) is 1.58. The quantitative estimate of drug-likeness (QED) is 0.727. The standard InChI is InChI=1S/C14H20N2O/c1-3-10-15-14(17)16-11-9-12(2)13-7-5-4-6-8-13/h3-8,12H,1,9-11H2,2H3,(H2,15,16,17). The predicted molar refractivity (Wildman–Crippen MR) is 71.1 cm³/mol. The van der Waals surface area contributed by atoms with E-state index < -0.39 is 0 Å². The number of nitrogens with one attached hydrogen (secondary N) is 2. The number of benzene rings is 1. The van der Waals surface area contributed by atoms with Crippen molar-refractivity contribution in [1.82, 2.24) is 10.6 Å². The molecular weight excluding hydrogens is 212 g/mol. The van der Waals surface area contributed by atoms with Gasteiger partial charge in [-0.2, -0.15) is 0 Å². The van der Waals surface area contributed by atoms with Crippen molar-refractivity contribution >= 4 is 6.03 Å². The van der Waals surface area contributed by atoms with Crippen LogP contribution in [0, 0.1) is 0 Å². The molecule has 0 saturated heterocycles. The summed E-state index contributed by atoms with van der Waals surface area (Å²) in [6.07, 6.45) is 2.59. The largest absolute Gasteiger partial charge is 0.338 e. The zero-order valence-electron chi connectivity index (χ0n) is 10.3. The first-order valence-corrected chi connectivity index (χ1v) is 5.91. The van der Waals surface area contributed by atoms with Gasteiger partial charge in [0.1, 0.15) is 0 Å². The van der Waals surface area contributed by atoms with Crippen molar-refractivity contribution in [1.29, 1.82) is 0 Å². The lowest BCUT2D eigenvalue weighted by Gasteiger charge is -2.12. The van der Waals surface area contributed by atoms with Crippen LogP contribution in [0.3, 0.4) is 0 Å². The summed E-state index contributed by atoms with van der Waals surface area (Å²) in [6.45, 7) is 6.88. The van der Waals surface area contributed by atoms with E-state index in [1.807, 2.05) is 18.2 Å². The molecule has 2 N–H and O–H groups in total. The van der Waals surface area contributed by atoms with Crippen LogP contribution in [0.25, 0.3) is 0 Å². The van der Waals surface area contributed by atoms with Crippen LogP contribution in [-0.2, 0) is 0 Å². The zero-order valence-corrected chi connectivity index (χ0v) is 10.3. The number of carbonyl (C=O) groups is 1. The van der Waals surface area contributed by atoms with Crippen molar-refractivity contribution < 1.29 is 4.79 Å². The van der Waals surface area contributed by atoms with E-state index in [0.717, 1.165) is 6.42 Å². The van der Waals surface area contributed by atoms with Gasteiger partial charge < -0.3 is 10.6 Å². The van der Waals surface area contributed by atoms with Crippen molar-refractivity contribution in [3.8, 4) is 0 Å². The van der Waals surface area contributed by atoms with E-state index in [0.29, 0.717) is 19.0 Å². The Morgan fingerprint density at radius 3 is 2.71 bits per heavy atom. The second-order valence-electron chi connectivity index (χ2n) is 4.03. The molecule has 0 aliphatic heterocycles. The van der Waals surface area contributed by atoms with Gasteiger partial charge in [-0.05, 0) is 17.9 Å². The maximum absolute atomic E-state index is 11.2. The molecule has 1 aromatic rings. The Hall–Kier alpha value is -1.77. The molecule has 0 aliphatic carbocycles.